The zero-order valence-electron chi connectivity index (χ0n) is 8.66. The van der Waals surface area contributed by atoms with Gasteiger partial charge in [0.25, 0.3) is 0 Å². The molecule has 0 heterocycles. The minimum Gasteiger partial charge on any atom is -0.466 e. The average molecular weight is 198 g/mol. The second kappa shape index (κ2) is 3.54. The maximum absolute atomic E-state index is 11.9. The Labute approximate surface area is 84.4 Å². The molecule has 3 nitrogen and oxygen atoms in total. The van der Waals surface area contributed by atoms with Crippen molar-refractivity contribution in [2.24, 2.45) is 11.3 Å². The number of rotatable bonds is 2. The molecule has 2 aliphatic carbocycles. The van der Waals surface area contributed by atoms with E-state index in [-0.39, 0.29) is 17.5 Å². The quantitative estimate of drug-likeness (QED) is 0.684. The van der Waals surface area contributed by atoms with E-state index in [0.29, 0.717) is 18.9 Å². The number of aliphatic hydroxyl groups is 1. The van der Waals surface area contributed by atoms with E-state index in [4.69, 9.17) is 4.74 Å². The molecule has 2 saturated carbocycles. The number of aliphatic hydroxyl groups excluding tert-OH is 1. The lowest BCUT2D eigenvalue weighted by Crippen LogP contribution is -2.33. The molecule has 0 bridgehead atoms. The standard InChI is InChI=1S/C11H18O3/c1-2-14-10(13)11-5-3-4-8(11)6-9(12)7-11/h8-9,12H,2-7H2,1H3. The molecule has 3 heteroatoms. The van der Waals surface area contributed by atoms with Crippen molar-refractivity contribution in [1.29, 1.82) is 0 Å². The molecule has 1 N–H and O–H groups in total. The van der Waals surface area contributed by atoms with Gasteiger partial charge in [-0.2, -0.15) is 0 Å². The molecule has 0 spiro atoms. The molecule has 3 atom stereocenters. The fourth-order valence-corrected chi connectivity index (χ4v) is 3.22. The van der Waals surface area contributed by atoms with Gasteiger partial charge in [-0.15, -0.1) is 0 Å². The smallest absolute Gasteiger partial charge is 0.312 e. The van der Waals surface area contributed by atoms with Crippen molar-refractivity contribution in [3.63, 3.8) is 0 Å². The second-order valence-electron chi connectivity index (χ2n) is 4.56. The number of esters is 1. The number of carbonyl (C=O) groups is 1. The third-order valence-electron chi connectivity index (χ3n) is 3.80. The van der Waals surface area contributed by atoms with Crippen LogP contribution < -0.4 is 0 Å². The summed E-state index contributed by atoms with van der Waals surface area (Å²) in [6.45, 7) is 2.28. The summed E-state index contributed by atoms with van der Waals surface area (Å²) in [5.74, 6) is 0.301. The summed E-state index contributed by atoms with van der Waals surface area (Å²) in [6, 6.07) is 0. The highest BCUT2D eigenvalue weighted by molar-refractivity contribution is 5.78. The third kappa shape index (κ3) is 1.34. The first-order valence-electron chi connectivity index (χ1n) is 5.54. The summed E-state index contributed by atoms with van der Waals surface area (Å²) >= 11 is 0. The Morgan fingerprint density at radius 2 is 2.43 bits per heavy atom. The first-order chi connectivity index (χ1) is 6.69. The number of fused-ring (bicyclic) bond motifs is 1. The molecule has 0 saturated heterocycles. The third-order valence-corrected chi connectivity index (χ3v) is 3.80. The molecule has 2 fully saturated rings. The van der Waals surface area contributed by atoms with Gasteiger partial charge in [0, 0.05) is 0 Å². The largest absolute Gasteiger partial charge is 0.466 e. The van der Waals surface area contributed by atoms with Crippen molar-refractivity contribution in [2.75, 3.05) is 6.61 Å². The monoisotopic (exact) mass is 198 g/mol. The maximum Gasteiger partial charge on any atom is 0.312 e. The number of carbonyl (C=O) groups excluding carboxylic acids is 1. The zero-order chi connectivity index (χ0) is 10.2. The highest BCUT2D eigenvalue weighted by Gasteiger charge is 2.55. The van der Waals surface area contributed by atoms with Crippen molar-refractivity contribution in [1.82, 2.24) is 0 Å². The number of hydrogen-bond donors (Lipinski definition) is 1. The van der Waals surface area contributed by atoms with E-state index >= 15 is 0 Å². The van der Waals surface area contributed by atoms with Crippen LogP contribution >= 0.6 is 0 Å². The van der Waals surface area contributed by atoms with Crippen molar-refractivity contribution in [3.05, 3.63) is 0 Å². The van der Waals surface area contributed by atoms with Gasteiger partial charge in [0.05, 0.1) is 18.1 Å². The molecule has 0 aliphatic heterocycles. The summed E-state index contributed by atoms with van der Waals surface area (Å²) in [6.07, 6.45) is 4.22. The first-order valence-corrected chi connectivity index (χ1v) is 5.54. The Balaban J connectivity index is 2.15. The summed E-state index contributed by atoms with van der Waals surface area (Å²) in [5.41, 5.74) is -0.324. The van der Waals surface area contributed by atoms with Crippen LogP contribution in [0.1, 0.15) is 39.0 Å². The summed E-state index contributed by atoms with van der Waals surface area (Å²) in [7, 11) is 0. The van der Waals surface area contributed by atoms with E-state index < -0.39 is 0 Å². The van der Waals surface area contributed by atoms with Crippen LogP contribution in [0.4, 0.5) is 0 Å². The van der Waals surface area contributed by atoms with Crippen LogP contribution in [0.5, 0.6) is 0 Å². The topological polar surface area (TPSA) is 46.5 Å². The average Bonchev–Trinajstić information content (AvgIpc) is 2.61. The fourth-order valence-electron chi connectivity index (χ4n) is 3.22. The minimum atomic E-state index is -0.324. The molecule has 0 aromatic carbocycles. The summed E-state index contributed by atoms with van der Waals surface area (Å²) < 4.78 is 5.13. The van der Waals surface area contributed by atoms with E-state index in [9.17, 15) is 9.90 Å². The van der Waals surface area contributed by atoms with Crippen molar-refractivity contribution in [2.45, 2.75) is 45.1 Å². The van der Waals surface area contributed by atoms with Crippen molar-refractivity contribution >= 4 is 5.97 Å². The normalized spacial score (nSPS) is 41.0. The SMILES string of the molecule is CCOC(=O)C12CCCC1CC(O)C2. The molecule has 80 valence electrons. The van der Waals surface area contributed by atoms with Crippen LogP contribution in [0.25, 0.3) is 0 Å². The molecule has 2 rings (SSSR count). The molecular formula is C11H18O3. The maximum atomic E-state index is 11.9. The molecular weight excluding hydrogens is 180 g/mol. The molecule has 0 radical (unpaired) electrons. The van der Waals surface area contributed by atoms with E-state index in [1.165, 1.54) is 0 Å². The van der Waals surface area contributed by atoms with Gasteiger partial charge in [-0.3, -0.25) is 4.79 Å². The fraction of sp³-hybridized carbons (Fsp3) is 0.909. The predicted octanol–water partition coefficient (Wildman–Crippen LogP) is 1.49. The highest BCUT2D eigenvalue weighted by atomic mass is 16.5. The van der Waals surface area contributed by atoms with Gasteiger partial charge in [0.15, 0.2) is 0 Å². The van der Waals surface area contributed by atoms with E-state index in [1.807, 2.05) is 6.92 Å². The van der Waals surface area contributed by atoms with Crippen LogP contribution in [0, 0.1) is 11.3 Å². The molecule has 0 aromatic heterocycles. The summed E-state index contributed by atoms with van der Waals surface area (Å²) in [5, 5.41) is 9.61. The lowest BCUT2D eigenvalue weighted by Gasteiger charge is -2.26. The van der Waals surface area contributed by atoms with E-state index in [2.05, 4.69) is 0 Å². The number of hydrogen-bond acceptors (Lipinski definition) is 3. The summed E-state index contributed by atoms with van der Waals surface area (Å²) in [4.78, 5) is 11.9. The van der Waals surface area contributed by atoms with Gasteiger partial charge >= 0.3 is 5.97 Å². The zero-order valence-corrected chi connectivity index (χ0v) is 8.66. The highest BCUT2D eigenvalue weighted by Crippen LogP contribution is 2.54. The molecule has 3 unspecified atom stereocenters. The molecule has 14 heavy (non-hydrogen) atoms. The van der Waals surface area contributed by atoms with Gasteiger partial charge < -0.3 is 9.84 Å². The minimum absolute atomic E-state index is 0.0703. The lowest BCUT2D eigenvalue weighted by atomic mass is 9.80. The van der Waals surface area contributed by atoms with Gasteiger partial charge in [0.2, 0.25) is 0 Å². The van der Waals surface area contributed by atoms with Gasteiger partial charge in [-0.25, -0.2) is 0 Å². The van der Waals surface area contributed by atoms with Crippen LogP contribution in [-0.4, -0.2) is 23.8 Å². The van der Waals surface area contributed by atoms with Gasteiger partial charge in [-0.1, -0.05) is 6.42 Å². The van der Waals surface area contributed by atoms with Crippen LogP contribution in [0.15, 0.2) is 0 Å². The Kier molecular flexibility index (Phi) is 2.52. The van der Waals surface area contributed by atoms with Crippen LogP contribution in [0.3, 0.4) is 0 Å². The van der Waals surface area contributed by atoms with Crippen LogP contribution in [0.2, 0.25) is 0 Å². The Hall–Kier alpha value is -0.570. The van der Waals surface area contributed by atoms with Crippen LogP contribution in [-0.2, 0) is 9.53 Å². The predicted molar refractivity (Wildman–Crippen MR) is 51.6 cm³/mol. The first kappa shape index (κ1) is 9.97. The Morgan fingerprint density at radius 3 is 3.14 bits per heavy atom. The van der Waals surface area contributed by atoms with E-state index in [0.717, 1.165) is 25.7 Å². The Bertz CT molecular complexity index is 239. The molecule has 0 aromatic rings. The van der Waals surface area contributed by atoms with E-state index in [1.54, 1.807) is 0 Å². The number of ether oxygens (including phenoxy) is 1. The van der Waals surface area contributed by atoms with Crippen molar-refractivity contribution in [3.8, 4) is 0 Å². The molecule has 2 aliphatic rings. The van der Waals surface area contributed by atoms with Gasteiger partial charge in [-0.05, 0) is 38.5 Å². The lowest BCUT2D eigenvalue weighted by molar-refractivity contribution is -0.157. The second-order valence-corrected chi connectivity index (χ2v) is 4.56. The van der Waals surface area contributed by atoms with Gasteiger partial charge in [0.1, 0.15) is 0 Å². The van der Waals surface area contributed by atoms with Crippen molar-refractivity contribution < 1.29 is 14.6 Å². The molecule has 0 amide bonds. The Morgan fingerprint density at radius 1 is 1.64 bits per heavy atom.